The largest absolute Gasteiger partial charge is 0.454 e. The van der Waals surface area contributed by atoms with Gasteiger partial charge in [-0.05, 0) is 25.1 Å². The van der Waals surface area contributed by atoms with Crippen LogP contribution in [0.3, 0.4) is 0 Å². The first-order valence-electron chi connectivity index (χ1n) is 6.20. The minimum atomic E-state index is -0.0469. The molecule has 6 heteroatoms. The first kappa shape index (κ1) is 12.9. The Morgan fingerprint density at radius 2 is 2.20 bits per heavy atom. The van der Waals surface area contributed by atoms with Crippen LogP contribution in [0.25, 0.3) is 0 Å². The Labute approximate surface area is 120 Å². The number of amides is 1. The summed E-state index contributed by atoms with van der Waals surface area (Å²) in [4.78, 5) is 19.3. The maximum Gasteiger partial charge on any atom is 0.254 e. The highest BCUT2D eigenvalue weighted by Gasteiger charge is 2.18. The van der Waals surface area contributed by atoms with E-state index in [-0.39, 0.29) is 12.7 Å². The van der Waals surface area contributed by atoms with Gasteiger partial charge in [0.25, 0.3) is 5.91 Å². The number of benzene rings is 1. The van der Waals surface area contributed by atoms with Crippen LogP contribution in [-0.4, -0.2) is 29.6 Å². The number of fused-ring (bicyclic) bond motifs is 1. The van der Waals surface area contributed by atoms with Crippen LogP contribution in [0.2, 0.25) is 0 Å². The summed E-state index contributed by atoms with van der Waals surface area (Å²) in [6, 6.07) is 5.24. The van der Waals surface area contributed by atoms with Gasteiger partial charge >= 0.3 is 0 Å². The third-order valence-electron chi connectivity index (χ3n) is 3.03. The molecule has 1 aromatic carbocycles. The number of aryl methyl sites for hydroxylation is 1. The molecule has 3 rings (SSSR count). The van der Waals surface area contributed by atoms with Crippen molar-refractivity contribution in [2.45, 2.75) is 13.5 Å². The van der Waals surface area contributed by atoms with E-state index in [4.69, 9.17) is 9.47 Å². The lowest BCUT2D eigenvalue weighted by Crippen LogP contribution is -2.25. The lowest BCUT2D eigenvalue weighted by atomic mass is 10.2. The Kier molecular flexibility index (Phi) is 3.31. The molecule has 0 unspecified atom stereocenters. The molecule has 5 nitrogen and oxygen atoms in total. The molecule has 0 aliphatic carbocycles. The summed E-state index contributed by atoms with van der Waals surface area (Å²) < 4.78 is 10.5. The molecular formula is C14H14N2O3S. The zero-order chi connectivity index (χ0) is 14.1. The van der Waals surface area contributed by atoms with Gasteiger partial charge in [0, 0.05) is 23.7 Å². The summed E-state index contributed by atoms with van der Waals surface area (Å²) in [5.74, 6) is 1.26. The quantitative estimate of drug-likeness (QED) is 0.871. The van der Waals surface area contributed by atoms with Crippen molar-refractivity contribution < 1.29 is 14.3 Å². The van der Waals surface area contributed by atoms with Crippen molar-refractivity contribution in [1.82, 2.24) is 9.88 Å². The lowest BCUT2D eigenvalue weighted by Gasteiger charge is -2.16. The van der Waals surface area contributed by atoms with E-state index in [1.807, 2.05) is 13.1 Å². The summed E-state index contributed by atoms with van der Waals surface area (Å²) in [6.07, 6.45) is 1.81. The van der Waals surface area contributed by atoms with Crippen molar-refractivity contribution >= 4 is 17.2 Å². The number of aromatic nitrogens is 1. The number of hydrogen-bond donors (Lipinski definition) is 0. The van der Waals surface area contributed by atoms with E-state index in [1.165, 1.54) is 0 Å². The second kappa shape index (κ2) is 5.13. The molecule has 0 N–H and O–H groups in total. The van der Waals surface area contributed by atoms with Gasteiger partial charge in [0.1, 0.15) is 0 Å². The fraction of sp³-hybridized carbons (Fsp3) is 0.286. The molecule has 0 saturated carbocycles. The van der Waals surface area contributed by atoms with Crippen LogP contribution in [0.15, 0.2) is 24.4 Å². The van der Waals surface area contributed by atoms with E-state index >= 15 is 0 Å². The maximum absolute atomic E-state index is 12.4. The van der Waals surface area contributed by atoms with Crippen LogP contribution >= 0.6 is 11.3 Å². The highest BCUT2D eigenvalue weighted by atomic mass is 32.1. The smallest absolute Gasteiger partial charge is 0.254 e. The van der Waals surface area contributed by atoms with Gasteiger partial charge in [0.2, 0.25) is 6.79 Å². The van der Waals surface area contributed by atoms with E-state index in [2.05, 4.69) is 4.98 Å². The number of nitrogens with zero attached hydrogens (tertiary/aromatic N) is 2. The zero-order valence-corrected chi connectivity index (χ0v) is 12.1. The van der Waals surface area contributed by atoms with Crippen LogP contribution in [0, 0.1) is 6.92 Å². The molecule has 0 atom stereocenters. The standard InChI is InChI=1S/C14H14N2O3S/c1-9-15-6-11(20-9)7-16(2)14(17)10-3-4-12-13(5-10)19-8-18-12/h3-6H,7-8H2,1-2H3. The first-order valence-corrected chi connectivity index (χ1v) is 7.01. The Bertz CT molecular complexity index is 654. The monoisotopic (exact) mass is 290 g/mol. The van der Waals surface area contributed by atoms with Crippen LogP contribution in [0.4, 0.5) is 0 Å². The molecular weight excluding hydrogens is 276 g/mol. The third-order valence-corrected chi connectivity index (χ3v) is 3.93. The number of rotatable bonds is 3. The van der Waals surface area contributed by atoms with Crippen molar-refractivity contribution in [3.8, 4) is 11.5 Å². The van der Waals surface area contributed by atoms with Crippen LogP contribution in [0.1, 0.15) is 20.2 Å². The van der Waals surface area contributed by atoms with Gasteiger partial charge in [-0.2, -0.15) is 0 Å². The van der Waals surface area contributed by atoms with Crippen molar-refractivity contribution in [2.24, 2.45) is 0 Å². The second-order valence-electron chi connectivity index (χ2n) is 4.57. The third kappa shape index (κ3) is 2.46. The van der Waals surface area contributed by atoms with Gasteiger partial charge in [0.15, 0.2) is 11.5 Å². The van der Waals surface area contributed by atoms with Gasteiger partial charge in [-0.15, -0.1) is 11.3 Å². The van der Waals surface area contributed by atoms with Crippen LogP contribution < -0.4 is 9.47 Å². The average molecular weight is 290 g/mol. The number of thiazole rings is 1. The van der Waals surface area contributed by atoms with E-state index < -0.39 is 0 Å². The van der Waals surface area contributed by atoms with Gasteiger partial charge in [-0.25, -0.2) is 4.98 Å². The van der Waals surface area contributed by atoms with E-state index in [9.17, 15) is 4.79 Å². The van der Waals surface area contributed by atoms with Gasteiger partial charge in [0.05, 0.1) is 11.6 Å². The van der Waals surface area contributed by atoms with Crippen LogP contribution in [0.5, 0.6) is 11.5 Å². The molecule has 104 valence electrons. The molecule has 20 heavy (non-hydrogen) atoms. The van der Waals surface area contributed by atoms with Gasteiger partial charge < -0.3 is 14.4 Å². The van der Waals surface area contributed by atoms with Gasteiger partial charge in [-0.1, -0.05) is 0 Å². The summed E-state index contributed by atoms with van der Waals surface area (Å²) >= 11 is 1.60. The Balaban J connectivity index is 1.74. The second-order valence-corrected chi connectivity index (χ2v) is 5.89. The summed E-state index contributed by atoms with van der Waals surface area (Å²) in [6.45, 7) is 2.72. The zero-order valence-electron chi connectivity index (χ0n) is 11.3. The topological polar surface area (TPSA) is 51.7 Å². The Hall–Kier alpha value is -2.08. The SMILES string of the molecule is Cc1ncc(CN(C)C(=O)c2ccc3c(c2)OCO3)s1. The molecule has 0 fully saturated rings. The van der Waals surface area contributed by atoms with E-state index in [1.54, 1.807) is 41.5 Å². The minimum absolute atomic E-state index is 0.0469. The van der Waals surface area contributed by atoms with Crippen molar-refractivity contribution in [3.05, 3.63) is 39.8 Å². The maximum atomic E-state index is 12.4. The number of hydrogen-bond acceptors (Lipinski definition) is 5. The van der Waals surface area contributed by atoms with E-state index in [0.29, 0.717) is 23.6 Å². The molecule has 1 aliphatic heterocycles. The number of carbonyl (C=O) groups excluding carboxylic acids is 1. The molecule has 0 radical (unpaired) electrons. The Morgan fingerprint density at radius 3 is 2.95 bits per heavy atom. The predicted molar refractivity (Wildman–Crippen MR) is 75.2 cm³/mol. The Morgan fingerprint density at radius 1 is 1.40 bits per heavy atom. The molecule has 1 aliphatic rings. The molecule has 0 saturated heterocycles. The molecule has 1 amide bonds. The number of ether oxygens (including phenoxy) is 2. The minimum Gasteiger partial charge on any atom is -0.454 e. The normalized spacial score (nSPS) is 12.5. The molecule has 1 aromatic heterocycles. The van der Waals surface area contributed by atoms with Crippen molar-refractivity contribution in [1.29, 1.82) is 0 Å². The molecule has 0 bridgehead atoms. The predicted octanol–water partition coefficient (Wildman–Crippen LogP) is 2.45. The first-order chi connectivity index (χ1) is 9.63. The summed E-state index contributed by atoms with van der Waals surface area (Å²) in [5, 5.41) is 1.00. The fourth-order valence-electron chi connectivity index (χ4n) is 2.03. The number of carbonyl (C=O) groups is 1. The molecule has 2 aromatic rings. The highest BCUT2D eigenvalue weighted by molar-refractivity contribution is 7.11. The van der Waals surface area contributed by atoms with Crippen LogP contribution in [-0.2, 0) is 6.54 Å². The summed E-state index contributed by atoms with van der Waals surface area (Å²) in [5.41, 5.74) is 0.595. The fourth-order valence-corrected chi connectivity index (χ4v) is 2.88. The average Bonchev–Trinajstić information content (AvgIpc) is 3.05. The summed E-state index contributed by atoms with van der Waals surface area (Å²) in [7, 11) is 1.78. The molecule has 0 spiro atoms. The van der Waals surface area contributed by atoms with Gasteiger partial charge in [-0.3, -0.25) is 4.79 Å². The molecule has 2 heterocycles. The van der Waals surface area contributed by atoms with Crippen molar-refractivity contribution in [3.63, 3.8) is 0 Å². The van der Waals surface area contributed by atoms with E-state index in [0.717, 1.165) is 9.88 Å². The highest BCUT2D eigenvalue weighted by Crippen LogP contribution is 2.32. The van der Waals surface area contributed by atoms with Crippen molar-refractivity contribution in [2.75, 3.05) is 13.8 Å². The lowest BCUT2D eigenvalue weighted by molar-refractivity contribution is 0.0786.